The van der Waals surface area contributed by atoms with Crippen LogP contribution >= 0.6 is 0 Å². The fourth-order valence-electron chi connectivity index (χ4n) is 6.89. The summed E-state index contributed by atoms with van der Waals surface area (Å²) in [6, 6.07) is 39.4. The molecule has 0 saturated carbocycles. The molecule has 9 aromatic rings. The van der Waals surface area contributed by atoms with Crippen LogP contribution in [0, 0.1) is 0 Å². The number of hydrogen-bond donors (Lipinski definition) is 2. The minimum Gasteiger partial charge on any atom is -0.294 e. The van der Waals surface area contributed by atoms with E-state index in [2.05, 4.69) is 10.9 Å². The van der Waals surface area contributed by atoms with E-state index in [0.29, 0.717) is 55.0 Å². The van der Waals surface area contributed by atoms with E-state index in [9.17, 15) is 19.2 Å². The second-order valence-corrected chi connectivity index (χ2v) is 11.7. The molecular weight excluding hydrogens is 600 g/mol. The first-order chi connectivity index (χ1) is 23.5. The second kappa shape index (κ2) is 10.4. The van der Waals surface area contributed by atoms with E-state index < -0.39 is 0 Å². The molecule has 0 bridgehead atoms. The van der Waals surface area contributed by atoms with Crippen LogP contribution in [0.4, 0.5) is 11.4 Å². The number of aromatic nitrogens is 2. The van der Waals surface area contributed by atoms with Crippen molar-refractivity contribution in [2.24, 2.45) is 0 Å². The van der Waals surface area contributed by atoms with E-state index in [1.165, 1.54) is 0 Å². The summed E-state index contributed by atoms with van der Waals surface area (Å²) in [5, 5.41) is 2.36. The predicted molar refractivity (Wildman–Crippen MR) is 195 cm³/mol. The maximum Gasteiger partial charge on any atom is 0.196 e. The zero-order valence-corrected chi connectivity index (χ0v) is 25.2. The molecule has 48 heavy (non-hydrogen) atoms. The standard InChI is InChI=1S/C40H24N4O4/c45-37-25-15-7-9-17-27(25)39(47)33-29(37)20-22-32-35(33)43(41-23-11-3-1-4-12-23)31-21-19-30-34(36(31)44(32)42-24-13-5-2-6-14-24)40(48)28-18-10-8-16-26(28)38(30)46/h1-22,41-42H. The van der Waals surface area contributed by atoms with Crippen LogP contribution in [0.15, 0.2) is 153 Å². The Balaban J connectivity index is 1.59. The average molecular weight is 625 g/mol. The summed E-state index contributed by atoms with van der Waals surface area (Å²) in [6.45, 7) is 0. The van der Waals surface area contributed by atoms with Gasteiger partial charge in [0.25, 0.3) is 0 Å². The summed E-state index contributed by atoms with van der Waals surface area (Å²) in [7, 11) is 0. The van der Waals surface area contributed by atoms with E-state index in [1.807, 2.05) is 60.7 Å². The highest BCUT2D eigenvalue weighted by Crippen LogP contribution is 2.32. The van der Waals surface area contributed by atoms with Gasteiger partial charge in [0.05, 0.1) is 33.2 Å². The Hall–Kier alpha value is -6.80. The molecule has 0 atom stereocenters. The first-order valence-electron chi connectivity index (χ1n) is 15.5. The molecule has 8 heteroatoms. The Morgan fingerprint density at radius 1 is 0.333 bits per heavy atom. The largest absolute Gasteiger partial charge is 0.294 e. The number of benzene rings is 8. The monoisotopic (exact) mass is 624 g/mol. The van der Waals surface area contributed by atoms with Gasteiger partial charge in [-0.05, 0) is 48.5 Å². The second-order valence-electron chi connectivity index (χ2n) is 11.7. The van der Waals surface area contributed by atoms with E-state index in [-0.39, 0.29) is 43.3 Å². The highest BCUT2D eigenvalue weighted by Gasteiger charge is 2.23. The number of nitrogens with one attached hydrogen (secondary N) is 2. The predicted octanol–water partition coefficient (Wildman–Crippen LogP) is 6.84. The molecule has 0 fully saturated rings. The molecule has 2 N–H and O–H groups in total. The van der Waals surface area contributed by atoms with Crippen LogP contribution in [0.1, 0.15) is 0 Å². The molecule has 0 aliphatic rings. The summed E-state index contributed by atoms with van der Waals surface area (Å²) >= 11 is 0. The van der Waals surface area contributed by atoms with Gasteiger partial charge in [0.1, 0.15) is 11.0 Å². The third-order valence-corrected chi connectivity index (χ3v) is 9.05. The van der Waals surface area contributed by atoms with Gasteiger partial charge in [-0.15, -0.1) is 0 Å². The summed E-state index contributed by atoms with van der Waals surface area (Å²) in [5.74, 6) is 0. The smallest absolute Gasteiger partial charge is 0.196 e. The molecular formula is C40H24N4O4. The number of rotatable bonds is 4. The zero-order chi connectivity index (χ0) is 32.5. The topological polar surface area (TPSA) is 102 Å². The Kier molecular flexibility index (Phi) is 5.94. The molecule has 0 unspecified atom stereocenters. The normalized spacial score (nSPS) is 11.7. The highest BCUT2D eigenvalue weighted by atomic mass is 16.1. The van der Waals surface area contributed by atoms with Crippen LogP contribution in [0.3, 0.4) is 0 Å². The zero-order valence-electron chi connectivity index (χ0n) is 25.2. The van der Waals surface area contributed by atoms with Gasteiger partial charge in [0.2, 0.25) is 0 Å². The molecule has 8 nitrogen and oxygen atoms in total. The third-order valence-electron chi connectivity index (χ3n) is 9.05. The summed E-state index contributed by atoms with van der Waals surface area (Å²) in [5.41, 5.74) is 9.09. The lowest BCUT2D eigenvalue weighted by atomic mass is 9.99. The molecule has 1 heterocycles. The number of anilines is 2. The minimum absolute atomic E-state index is 0.232. The Morgan fingerprint density at radius 3 is 1.04 bits per heavy atom. The number of hydrogen-bond acceptors (Lipinski definition) is 6. The Labute approximate surface area is 270 Å². The molecule has 0 saturated heterocycles. The van der Waals surface area contributed by atoms with Gasteiger partial charge in [-0.3, -0.25) is 39.4 Å². The third kappa shape index (κ3) is 3.89. The SMILES string of the molecule is O=c1c2ccccc2c(=O)c2c1ccc1c2n(Nc2ccccc2)c2ccc3c(=O)c4ccccc4c(=O)c3c2n1Nc1ccccc1. The van der Waals surface area contributed by atoms with Crippen molar-refractivity contribution < 1.29 is 0 Å². The van der Waals surface area contributed by atoms with Gasteiger partial charge in [0, 0.05) is 32.3 Å². The van der Waals surface area contributed by atoms with Crippen molar-refractivity contribution in [2.45, 2.75) is 0 Å². The fourth-order valence-corrected chi connectivity index (χ4v) is 6.89. The highest BCUT2D eigenvalue weighted by molar-refractivity contribution is 6.16. The van der Waals surface area contributed by atoms with Crippen molar-refractivity contribution in [2.75, 3.05) is 10.9 Å². The van der Waals surface area contributed by atoms with Crippen LogP contribution in [-0.4, -0.2) is 9.35 Å². The molecule has 0 spiro atoms. The van der Waals surface area contributed by atoms with Crippen molar-refractivity contribution in [1.29, 1.82) is 0 Å². The molecule has 1 aromatic heterocycles. The van der Waals surface area contributed by atoms with Crippen LogP contribution in [0.2, 0.25) is 0 Å². The van der Waals surface area contributed by atoms with Gasteiger partial charge in [-0.25, -0.2) is 0 Å². The first kappa shape index (κ1) is 27.5. The van der Waals surface area contributed by atoms with Crippen molar-refractivity contribution in [1.82, 2.24) is 9.35 Å². The van der Waals surface area contributed by atoms with Crippen molar-refractivity contribution in [3.05, 3.63) is 174 Å². The fraction of sp³-hybridized carbons (Fsp3) is 0. The lowest BCUT2D eigenvalue weighted by molar-refractivity contribution is 0.986. The maximum absolute atomic E-state index is 14.4. The molecule has 228 valence electrons. The van der Waals surface area contributed by atoms with Gasteiger partial charge in [0.15, 0.2) is 21.7 Å². The number of fused-ring (bicyclic) bond motifs is 8. The van der Waals surface area contributed by atoms with E-state index in [1.54, 1.807) is 82.1 Å². The van der Waals surface area contributed by atoms with Crippen molar-refractivity contribution in [3.8, 4) is 0 Å². The van der Waals surface area contributed by atoms with Gasteiger partial charge in [-0.1, -0.05) is 84.9 Å². The Morgan fingerprint density at radius 2 is 0.667 bits per heavy atom. The van der Waals surface area contributed by atoms with E-state index >= 15 is 0 Å². The van der Waals surface area contributed by atoms with E-state index in [0.717, 1.165) is 0 Å². The maximum atomic E-state index is 14.4. The lowest BCUT2D eigenvalue weighted by Crippen LogP contribution is -2.24. The summed E-state index contributed by atoms with van der Waals surface area (Å²) in [6.07, 6.45) is 0. The van der Waals surface area contributed by atoms with Crippen molar-refractivity contribution in [3.63, 3.8) is 0 Å². The number of nitrogens with zero attached hydrogens (tertiary/aromatic N) is 2. The minimum atomic E-state index is -0.293. The van der Waals surface area contributed by atoms with Gasteiger partial charge < -0.3 is 0 Å². The van der Waals surface area contributed by atoms with Crippen molar-refractivity contribution >= 4 is 76.5 Å². The molecule has 0 amide bonds. The summed E-state index contributed by atoms with van der Waals surface area (Å²) in [4.78, 5) is 56.7. The molecule has 8 aromatic carbocycles. The number of para-hydroxylation sites is 2. The van der Waals surface area contributed by atoms with Crippen LogP contribution in [-0.2, 0) is 0 Å². The van der Waals surface area contributed by atoms with Gasteiger partial charge in [-0.2, -0.15) is 0 Å². The molecule has 0 aliphatic heterocycles. The van der Waals surface area contributed by atoms with Gasteiger partial charge >= 0.3 is 0 Å². The Bertz CT molecular complexity index is 2820. The summed E-state index contributed by atoms with van der Waals surface area (Å²) < 4.78 is 3.50. The first-order valence-corrected chi connectivity index (χ1v) is 15.5. The molecule has 9 rings (SSSR count). The lowest BCUT2D eigenvalue weighted by Gasteiger charge is -2.25. The van der Waals surface area contributed by atoms with Crippen LogP contribution in [0.25, 0.3) is 65.2 Å². The van der Waals surface area contributed by atoms with Crippen LogP contribution in [0.5, 0.6) is 0 Å². The van der Waals surface area contributed by atoms with E-state index in [4.69, 9.17) is 0 Å². The quantitative estimate of drug-likeness (QED) is 0.164. The van der Waals surface area contributed by atoms with Crippen LogP contribution < -0.4 is 32.6 Å². The molecule has 0 aliphatic carbocycles. The average Bonchev–Trinajstić information content (AvgIpc) is 3.14. The molecule has 0 radical (unpaired) electrons.